The molecule has 0 aliphatic heterocycles. The van der Waals surface area contributed by atoms with E-state index < -0.39 is 41.1 Å². The molecular formula is C16H10ClF6N3O2. The third-order valence-corrected chi connectivity index (χ3v) is 3.49. The number of benzene rings is 2. The largest absolute Gasteiger partial charge is 0.416 e. The molecule has 0 unspecified atom stereocenters. The molecule has 28 heavy (non-hydrogen) atoms. The smallest absolute Gasteiger partial charge is 0.307 e. The molecule has 3 amide bonds. The molecule has 0 radical (unpaired) electrons. The number of nitrogens with one attached hydrogen (secondary N) is 3. The molecule has 3 N–H and O–H groups in total. The molecule has 0 bridgehead atoms. The van der Waals surface area contributed by atoms with Crippen molar-refractivity contribution in [1.29, 1.82) is 0 Å². The zero-order chi connectivity index (χ0) is 21.1. The van der Waals surface area contributed by atoms with Crippen molar-refractivity contribution in [2.24, 2.45) is 0 Å². The molecule has 0 saturated heterocycles. The van der Waals surface area contributed by atoms with Gasteiger partial charge in [0.1, 0.15) is 0 Å². The van der Waals surface area contributed by atoms with E-state index in [1.54, 1.807) is 5.32 Å². The quantitative estimate of drug-likeness (QED) is 0.476. The van der Waals surface area contributed by atoms with Crippen molar-refractivity contribution in [3.8, 4) is 0 Å². The van der Waals surface area contributed by atoms with Gasteiger partial charge in [-0.05, 0) is 42.5 Å². The molecule has 0 atom stereocenters. The van der Waals surface area contributed by atoms with E-state index in [1.807, 2.05) is 10.9 Å². The van der Waals surface area contributed by atoms with Crippen LogP contribution in [0.25, 0.3) is 0 Å². The van der Waals surface area contributed by atoms with Gasteiger partial charge in [0.25, 0.3) is 5.91 Å². The van der Waals surface area contributed by atoms with Gasteiger partial charge < -0.3 is 5.32 Å². The molecule has 150 valence electrons. The number of alkyl halides is 6. The fourth-order valence-corrected chi connectivity index (χ4v) is 2.10. The maximum absolute atomic E-state index is 12.8. The summed E-state index contributed by atoms with van der Waals surface area (Å²) in [4.78, 5) is 23.5. The standard InChI is InChI=1S/C16H10ClF6N3O2/c17-11-3-1-8(2-4-11)13(27)25-26-14(28)24-12-6-9(15(18,19)20)5-10(7-12)16(21,22)23/h1-7H,(H,25,27)(H2,24,26,28). The molecule has 0 heterocycles. The van der Waals surface area contributed by atoms with Crippen LogP contribution in [0.15, 0.2) is 42.5 Å². The van der Waals surface area contributed by atoms with E-state index in [1.165, 1.54) is 24.3 Å². The van der Waals surface area contributed by atoms with Crippen LogP contribution < -0.4 is 16.2 Å². The van der Waals surface area contributed by atoms with Crippen molar-refractivity contribution in [2.45, 2.75) is 12.4 Å². The van der Waals surface area contributed by atoms with Crippen molar-refractivity contribution in [1.82, 2.24) is 10.9 Å². The number of hydrogen-bond acceptors (Lipinski definition) is 2. The van der Waals surface area contributed by atoms with Gasteiger partial charge in [-0.2, -0.15) is 26.3 Å². The highest BCUT2D eigenvalue weighted by Gasteiger charge is 2.37. The Balaban J connectivity index is 2.10. The number of carbonyl (C=O) groups excluding carboxylic acids is 2. The molecular weight excluding hydrogens is 416 g/mol. The first kappa shape index (κ1) is 21.4. The summed E-state index contributed by atoms with van der Waals surface area (Å²) >= 11 is 5.65. The number of amides is 3. The first-order chi connectivity index (χ1) is 12.9. The summed E-state index contributed by atoms with van der Waals surface area (Å²) < 4.78 is 76.7. The summed E-state index contributed by atoms with van der Waals surface area (Å²) in [5.74, 6) is -0.785. The maximum atomic E-state index is 12.8. The fraction of sp³-hybridized carbons (Fsp3) is 0.125. The molecule has 0 fully saturated rings. The minimum atomic E-state index is -5.06. The maximum Gasteiger partial charge on any atom is 0.416 e. The first-order valence-corrected chi connectivity index (χ1v) is 7.66. The second-order valence-electron chi connectivity index (χ2n) is 5.33. The summed E-state index contributed by atoms with van der Waals surface area (Å²) in [6.45, 7) is 0. The van der Waals surface area contributed by atoms with Crippen LogP contribution in [0.1, 0.15) is 21.5 Å². The minimum absolute atomic E-state index is 0.0780. The molecule has 5 nitrogen and oxygen atoms in total. The molecule has 2 aromatic rings. The Labute approximate surface area is 158 Å². The highest BCUT2D eigenvalue weighted by atomic mass is 35.5. The van der Waals surface area contributed by atoms with Crippen LogP contribution in [-0.4, -0.2) is 11.9 Å². The lowest BCUT2D eigenvalue weighted by molar-refractivity contribution is -0.143. The lowest BCUT2D eigenvalue weighted by Gasteiger charge is -2.15. The lowest BCUT2D eigenvalue weighted by atomic mass is 10.1. The van der Waals surface area contributed by atoms with Crippen LogP contribution in [0.3, 0.4) is 0 Å². The van der Waals surface area contributed by atoms with Crippen LogP contribution in [0.5, 0.6) is 0 Å². The van der Waals surface area contributed by atoms with Gasteiger partial charge in [0.15, 0.2) is 0 Å². The fourth-order valence-electron chi connectivity index (χ4n) is 1.98. The third-order valence-electron chi connectivity index (χ3n) is 3.24. The summed E-state index contributed by atoms with van der Waals surface area (Å²) in [6.07, 6.45) is -10.1. The first-order valence-electron chi connectivity index (χ1n) is 7.28. The van der Waals surface area contributed by atoms with Gasteiger partial charge in [0.05, 0.1) is 11.1 Å². The molecule has 0 aliphatic carbocycles. The molecule has 2 rings (SSSR count). The number of hydrogen-bond donors (Lipinski definition) is 3. The van der Waals surface area contributed by atoms with E-state index in [0.29, 0.717) is 17.2 Å². The van der Waals surface area contributed by atoms with Crippen LogP contribution in [0.4, 0.5) is 36.8 Å². The van der Waals surface area contributed by atoms with E-state index in [4.69, 9.17) is 11.6 Å². The van der Waals surface area contributed by atoms with E-state index in [9.17, 15) is 35.9 Å². The van der Waals surface area contributed by atoms with Crippen molar-refractivity contribution < 1.29 is 35.9 Å². The number of hydrazine groups is 1. The number of anilines is 1. The van der Waals surface area contributed by atoms with E-state index in [-0.39, 0.29) is 11.6 Å². The molecule has 2 aromatic carbocycles. The Morgan fingerprint density at radius 2 is 1.29 bits per heavy atom. The summed E-state index contributed by atoms with van der Waals surface area (Å²) in [7, 11) is 0. The lowest BCUT2D eigenvalue weighted by Crippen LogP contribution is -2.43. The molecule has 0 aliphatic rings. The highest BCUT2D eigenvalue weighted by molar-refractivity contribution is 6.30. The van der Waals surface area contributed by atoms with Crippen LogP contribution in [0.2, 0.25) is 5.02 Å². The van der Waals surface area contributed by atoms with Gasteiger partial charge in [-0.1, -0.05) is 11.6 Å². The predicted molar refractivity (Wildman–Crippen MR) is 87.5 cm³/mol. The van der Waals surface area contributed by atoms with Crippen molar-refractivity contribution in [3.05, 3.63) is 64.2 Å². The third kappa shape index (κ3) is 5.78. The van der Waals surface area contributed by atoms with Crippen molar-refractivity contribution in [3.63, 3.8) is 0 Å². The van der Waals surface area contributed by atoms with Gasteiger partial charge in [0.2, 0.25) is 0 Å². The monoisotopic (exact) mass is 425 g/mol. The summed E-state index contributed by atoms with van der Waals surface area (Å²) in [5.41, 5.74) is -0.0976. The topological polar surface area (TPSA) is 70.2 Å². The van der Waals surface area contributed by atoms with E-state index in [2.05, 4.69) is 0 Å². The molecule has 0 saturated carbocycles. The van der Waals surface area contributed by atoms with Crippen molar-refractivity contribution >= 4 is 29.2 Å². The van der Waals surface area contributed by atoms with Gasteiger partial charge in [0, 0.05) is 16.3 Å². The number of rotatable bonds is 2. The van der Waals surface area contributed by atoms with Gasteiger partial charge >= 0.3 is 18.4 Å². The van der Waals surface area contributed by atoms with E-state index in [0.717, 1.165) is 0 Å². The average molecular weight is 426 g/mol. The van der Waals surface area contributed by atoms with Crippen LogP contribution in [0, 0.1) is 0 Å². The highest BCUT2D eigenvalue weighted by Crippen LogP contribution is 2.37. The molecule has 0 spiro atoms. The summed E-state index contributed by atoms with van der Waals surface area (Å²) in [6, 6.07) is 4.79. The second-order valence-corrected chi connectivity index (χ2v) is 5.77. The van der Waals surface area contributed by atoms with Gasteiger partial charge in [-0.15, -0.1) is 0 Å². The Kier molecular flexibility index (Phi) is 6.07. The second kappa shape index (κ2) is 7.97. The zero-order valence-electron chi connectivity index (χ0n) is 13.5. The summed E-state index contributed by atoms with van der Waals surface area (Å²) in [5, 5.41) is 2.15. The number of halogens is 7. The Morgan fingerprint density at radius 1 is 0.786 bits per heavy atom. The normalized spacial score (nSPS) is 11.7. The Bertz CT molecular complexity index is 849. The zero-order valence-corrected chi connectivity index (χ0v) is 14.3. The SMILES string of the molecule is O=C(NNC(=O)c1ccc(Cl)cc1)Nc1cc(C(F)(F)F)cc(C(F)(F)F)c1. The van der Waals surface area contributed by atoms with Gasteiger partial charge in [-0.3, -0.25) is 10.2 Å². The van der Waals surface area contributed by atoms with Crippen molar-refractivity contribution in [2.75, 3.05) is 5.32 Å². The molecule has 0 aromatic heterocycles. The average Bonchev–Trinajstić information content (AvgIpc) is 2.58. The van der Waals surface area contributed by atoms with Gasteiger partial charge in [-0.25, -0.2) is 10.2 Å². The van der Waals surface area contributed by atoms with Crippen LogP contribution >= 0.6 is 11.6 Å². The predicted octanol–water partition coefficient (Wildman–Crippen LogP) is 4.84. The molecule has 12 heteroatoms. The number of carbonyl (C=O) groups is 2. The Hall–Kier alpha value is -2.95. The minimum Gasteiger partial charge on any atom is -0.307 e. The number of urea groups is 1. The van der Waals surface area contributed by atoms with Crippen LogP contribution in [-0.2, 0) is 12.4 Å². The van der Waals surface area contributed by atoms with E-state index >= 15 is 0 Å². The Morgan fingerprint density at radius 3 is 1.75 bits per heavy atom.